The molecule has 1 saturated heterocycles. The van der Waals surface area contributed by atoms with Crippen LogP contribution in [0.25, 0.3) is 5.52 Å². The summed E-state index contributed by atoms with van der Waals surface area (Å²) in [5.41, 5.74) is 6.17. The summed E-state index contributed by atoms with van der Waals surface area (Å²) in [7, 11) is -2.89. The Morgan fingerprint density at radius 3 is 2.38 bits per heavy atom. The Bertz CT molecular complexity index is 799. The molecule has 3 rings (SSSR count). The lowest BCUT2D eigenvalue weighted by molar-refractivity contribution is 0.349. The number of imidazole rings is 1. The van der Waals surface area contributed by atoms with Gasteiger partial charge in [0.05, 0.1) is 12.5 Å². The minimum absolute atomic E-state index is 0.216. The molecule has 24 heavy (non-hydrogen) atoms. The van der Waals surface area contributed by atoms with Gasteiger partial charge in [0.2, 0.25) is 16.0 Å². The molecule has 134 valence electrons. The number of hydrogen-bond acceptors (Lipinski definition) is 6. The van der Waals surface area contributed by atoms with E-state index in [4.69, 9.17) is 17.3 Å². The number of fused-ring (bicyclic) bond motifs is 1. The lowest BCUT2D eigenvalue weighted by Gasteiger charge is -2.23. The van der Waals surface area contributed by atoms with Gasteiger partial charge in [0.1, 0.15) is 11.3 Å². The number of rotatable bonds is 2. The molecule has 0 spiro atoms. The van der Waals surface area contributed by atoms with Gasteiger partial charge in [0, 0.05) is 19.0 Å². The molecule has 0 amide bonds. The number of aromatic nitrogens is 4. The van der Waals surface area contributed by atoms with E-state index in [-0.39, 0.29) is 11.9 Å². The van der Waals surface area contributed by atoms with Gasteiger partial charge in [0.15, 0.2) is 5.15 Å². The first kappa shape index (κ1) is 18.9. The molecule has 2 N–H and O–H groups in total. The SMILES string of the molecule is CC(C)c1nc(Cl)c2cnc(N)nn12.CS(=O)(=O)N1CCCCC1. The molecule has 1 fully saturated rings. The summed E-state index contributed by atoms with van der Waals surface area (Å²) in [5, 5.41) is 4.46. The van der Waals surface area contributed by atoms with Gasteiger partial charge in [-0.25, -0.2) is 27.2 Å². The number of hydrogen-bond donors (Lipinski definition) is 1. The van der Waals surface area contributed by atoms with E-state index in [9.17, 15) is 8.42 Å². The Balaban J connectivity index is 0.000000185. The molecule has 0 aliphatic carbocycles. The van der Waals surface area contributed by atoms with E-state index in [2.05, 4.69) is 15.1 Å². The quantitative estimate of drug-likeness (QED) is 0.860. The van der Waals surface area contributed by atoms with Crippen LogP contribution in [0.1, 0.15) is 44.9 Å². The largest absolute Gasteiger partial charge is 0.367 e. The highest BCUT2D eigenvalue weighted by Gasteiger charge is 2.18. The third-order valence-corrected chi connectivity index (χ3v) is 5.27. The number of sulfonamides is 1. The van der Waals surface area contributed by atoms with Crippen molar-refractivity contribution in [2.75, 3.05) is 25.1 Å². The number of anilines is 1. The number of nitrogen functional groups attached to an aromatic ring is 1. The fourth-order valence-electron chi connectivity index (χ4n) is 2.45. The highest BCUT2D eigenvalue weighted by molar-refractivity contribution is 7.88. The van der Waals surface area contributed by atoms with Crippen LogP contribution < -0.4 is 5.73 Å². The molecular weight excluding hydrogens is 352 g/mol. The number of piperidine rings is 1. The molecule has 1 aliphatic rings. The summed E-state index contributed by atoms with van der Waals surface area (Å²) in [5.74, 6) is 1.25. The van der Waals surface area contributed by atoms with Gasteiger partial charge in [-0.05, 0) is 12.8 Å². The smallest absolute Gasteiger partial charge is 0.238 e. The summed E-state index contributed by atoms with van der Waals surface area (Å²) in [6, 6.07) is 0. The minimum atomic E-state index is -2.89. The van der Waals surface area contributed by atoms with Crippen LogP contribution in [0.4, 0.5) is 5.95 Å². The maximum absolute atomic E-state index is 10.9. The van der Waals surface area contributed by atoms with Crippen LogP contribution >= 0.6 is 11.6 Å². The lowest BCUT2D eigenvalue weighted by Crippen LogP contribution is -2.34. The third-order valence-electron chi connectivity index (χ3n) is 3.69. The summed E-state index contributed by atoms with van der Waals surface area (Å²) in [6.07, 6.45) is 6.06. The molecule has 0 unspecified atom stereocenters. The normalized spacial score (nSPS) is 16.2. The van der Waals surface area contributed by atoms with Crippen LogP contribution in [-0.2, 0) is 10.0 Å². The van der Waals surface area contributed by atoms with Gasteiger partial charge < -0.3 is 5.73 Å². The molecule has 2 aromatic rings. The second-order valence-corrected chi connectivity index (χ2v) is 8.39. The molecule has 2 aromatic heterocycles. The zero-order valence-corrected chi connectivity index (χ0v) is 15.7. The van der Waals surface area contributed by atoms with Gasteiger partial charge in [0.25, 0.3) is 0 Å². The van der Waals surface area contributed by atoms with Gasteiger partial charge in [-0.1, -0.05) is 31.9 Å². The highest BCUT2D eigenvalue weighted by Crippen LogP contribution is 2.21. The zero-order chi connectivity index (χ0) is 17.9. The van der Waals surface area contributed by atoms with Crippen molar-refractivity contribution in [1.29, 1.82) is 0 Å². The van der Waals surface area contributed by atoms with Crippen molar-refractivity contribution in [2.45, 2.75) is 39.0 Å². The Morgan fingerprint density at radius 1 is 1.25 bits per heavy atom. The Kier molecular flexibility index (Phi) is 6.00. The lowest BCUT2D eigenvalue weighted by atomic mass is 10.2. The summed E-state index contributed by atoms with van der Waals surface area (Å²) in [6.45, 7) is 5.48. The first-order valence-corrected chi connectivity index (χ1v) is 10.0. The van der Waals surface area contributed by atoms with E-state index in [1.165, 1.54) is 12.7 Å². The zero-order valence-electron chi connectivity index (χ0n) is 14.1. The average Bonchev–Trinajstić information content (AvgIpc) is 2.84. The van der Waals surface area contributed by atoms with Gasteiger partial charge in [-0.3, -0.25) is 0 Å². The van der Waals surface area contributed by atoms with Crippen molar-refractivity contribution >= 4 is 33.1 Å². The molecule has 0 bridgehead atoms. The fourth-order valence-corrected chi connectivity index (χ4v) is 3.59. The van der Waals surface area contributed by atoms with Crippen LogP contribution in [-0.4, -0.2) is 51.7 Å². The van der Waals surface area contributed by atoms with Crippen molar-refractivity contribution in [3.05, 3.63) is 17.2 Å². The van der Waals surface area contributed by atoms with Crippen molar-refractivity contribution in [2.24, 2.45) is 0 Å². The Hall–Kier alpha value is -1.45. The average molecular weight is 375 g/mol. The molecule has 10 heteroatoms. The minimum Gasteiger partial charge on any atom is -0.367 e. The van der Waals surface area contributed by atoms with Crippen LogP contribution in [0, 0.1) is 0 Å². The van der Waals surface area contributed by atoms with E-state index < -0.39 is 10.0 Å². The molecule has 8 nitrogen and oxygen atoms in total. The van der Waals surface area contributed by atoms with Crippen molar-refractivity contribution < 1.29 is 8.42 Å². The number of nitrogens with two attached hydrogens (primary N) is 1. The first-order chi connectivity index (χ1) is 11.2. The third kappa shape index (κ3) is 4.55. The predicted molar refractivity (Wildman–Crippen MR) is 94.6 cm³/mol. The maximum atomic E-state index is 10.9. The Morgan fingerprint density at radius 2 is 1.88 bits per heavy atom. The Labute approximate surface area is 147 Å². The molecular formula is C14H23ClN6O2S. The summed E-state index contributed by atoms with van der Waals surface area (Å²) >= 11 is 5.92. The summed E-state index contributed by atoms with van der Waals surface area (Å²) < 4.78 is 25.0. The topological polar surface area (TPSA) is 106 Å². The number of halogens is 1. The standard InChI is InChI=1S/C8H10ClN5.C6H13NO2S/c1-4(2)7-12-6(9)5-3-11-8(10)13-14(5)7;1-10(8,9)7-5-3-2-4-6-7/h3-4H,1-2H3,(H2,10,13);2-6H2,1H3. The maximum Gasteiger partial charge on any atom is 0.238 e. The summed E-state index contributed by atoms with van der Waals surface area (Å²) in [4.78, 5) is 8.06. The van der Waals surface area contributed by atoms with Crippen molar-refractivity contribution in [1.82, 2.24) is 23.9 Å². The van der Waals surface area contributed by atoms with E-state index in [0.29, 0.717) is 10.7 Å². The van der Waals surface area contributed by atoms with Crippen LogP contribution in [0.15, 0.2) is 6.20 Å². The molecule has 0 atom stereocenters. The molecule has 3 heterocycles. The molecule has 0 saturated carbocycles. The van der Waals surface area contributed by atoms with E-state index in [1.807, 2.05) is 13.8 Å². The van der Waals surface area contributed by atoms with Gasteiger partial charge >= 0.3 is 0 Å². The van der Waals surface area contributed by atoms with E-state index >= 15 is 0 Å². The molecule has 0 aromatic carbocycles. The molecule has 0 radical (unpaired) electrons. The second-order valence-electron chi connectivity index (χ2n) is 6.05. The van der Waals surface area contributed by atoms with Crippen molar-refractivity contribution in [3.63, 3.8) is 0 Å². The number of nitrogens with zero attached hydrogens (tertiary/aromatic N) is 5. The van der Waals surface area contributed by atoms with Gasteiger partial charge in [-0.2, -0.15) is 0 Å². The predicted octanol–water partition coefficient (Wildman–Crippen LogP) is 1.92. The van der Waals surface area contributed by atoms with Crippen LogP contribution in [0.3, 0.4) is 0 Å². The van der Waals surface area contributed by atoms with Gasteiger partial charge in [-0.15, -0.1) is 5.10 Å². The van der Waals surface area contributed by atoms with Crippen molar-refractivity contribution in [3.8, 4) is 0 Å². The first-order valence-electron chi connectivity index (χ1n) is 7.82. The van der Waals surface area contributed by atoms with Crippen LogP contribution in [0.2, 0.25) is 5.15 Å². The monoisotopic (exact) mass is 374 g/mol. The van der Waals surface area contributed by atoms with E-state index in [1.54, 1.807) is 15.0 Å². The van der Waals surface area contributed by atoms with Crippen LogP contribution in [0.5, 0.6) is 0 Å². The highest BCUT2D eigenvalue weighted by atomic mass is 35.5. The fraction of sp³-hybridized carbons (Fsp3) is 0.643. The molecule has 1 aliphatic heterocycles. The second kappa shape index (κ2) is 7.62. The van der Waals surface area contributed by atoms with E-state index in [0.717, 1.165) is 31.8 Å².